The molecular formula is C15H30N2O3. The van der Waals surface area contributed by atoms with Crippen LogP contribution in [-0.4, -0.2) is 64.4 Å². The first-order chi connectivity index (χ1) is 9.77. The van der Waals surface area contributed by atoms with Crippen LogP contribution in [0, 0.1) is 5.92 Å². The summed E-state index contributed by atoms with van der Waals surface area (Å²) in [5.41, 5.74) is 0. The minimum Gasteiger partial charge on any atom is -0.385 e. The third-order valence-electron chi connectivity index (χ3n) is 3.86. The Hall–Kier alpha value is -0.650. The van der Waals surface area contributed by atoms with Crippen LogP contribution < -0.4 is 5.32 Å². The fourth-order valence-electron chi connectivity index (χ4n) is 2.62. The molecule has 1 amide bonds. The molecule has 5 heteroatoms. The van der Waals surface area contributed by atoms with Gasteiger partial charge in [0.15, 0.2) is 0 Å². The summed E-state index contributed by atoms with van der Waals surface area (Å²) < 4.78 is 10.1. The van der Waals surface area contributed by atoms with Gasteiger partial charge in [-0.25, -0.2) is 0 Å². The molecule has 0 bridgehead atoms. The molecule has 1 saturated heterocycles. The first-order valence-electron chi connectivity index (χ1n) is 7.74. The maximum absolute atomic E-state index is 12.3. The summed E-state index contributed by atoms with van der Waals surface area (Å²) in [4.78, 5) is 14.2. The number of amides is 1. The Labute approximate surface area is 123 Å². The number of ether oxygens (including phenoxy) is 2. The van der Waals surface area contributed by atoms with Crippen LogP contribution in [0.3, 0.4) is 0 Å². The zero-order valence-electron chi connectivity index (χ0n) is 13.0. The quantitative estimate of drug-likeness (QED) is 0.615. The van der Waals surface area contributed by atoms with Gasteiger partial charge in [-0.1, -0.05) is 0 Å². The van der Waals surface area contributed by atoms with Crippen molar-refractivity contribution in [1.29, 1.82) is 0 Å². The normalized spacial score (nSPS) is 19.0. The van der Waals surface area contributed by atoms with Crippen molar-refractivity contribution in [3.63, 3.8) is 0 Å². The molecule has 1 unspecified atom stereocenters. The van der Waals surface area contributed by atoms with Crippen molar-refractivity contribution in [2.24, 2.45) is 5.92 Å². The SMILES string of the molecule is COCCCN(CCOC)C(=O)CCC1CCCNC1. The van der Waals surface area contributed by atoms with E-state index >= 15 is 0 Å². The van der Waals surface area contributed by atoms with Gasteiger partial charge in [0.25, 0.3) is 0 Å². The van der Waals surface area contributed by atoms with Crippen LogP contribution in [0.25, 0.3) is 0 Å². The highest BCUT2D eigenvalue weighted by Gasteiger charge is 2.17. The number of carbonyl (C=O) groups excluding carboxylic acids is 1. The molecule has 1 fully saturated rings. The van der Waals surface area contributed by atoms with Crippen LogP contribution in [0.1, 0.15) is 32.1 Å². The van der Waals surface area contributed by atoms with E-state index in [9.17, 15) is 4.79 Å². The molecule has 0 spiro atoms. The fourth-order valence-corrected chi connectivity index (χ4v) is 2.62. The molecule has 5 nitrogen and oxygen atoms in total. The summed E-state index contributed by atoms with van der Waals surface area (Å²) in [6.07, 6.45) is 5.03. The smallest absolute Gasteiger partial charge is 0.222 e. The predicted molar refractivity (Wildman–Crippen MR) is 79.8 cm³/mol. The topological polar surface area (TPSA) is 50.8 Å². The van der Waals surface area contributed by atoms with Gasteiger partial charge in [0.2, 0.25) is 5.91 Å². The molecular weight excluding hydrogens is 256 g/mol. The van der Waals surface area contributed by atoms with Crippen molar-refractivity contribution < 1.29 is 14.3 Å². The number of rotatable bonds is 10. The van der Waals surface area contributed by atoms with E-state index in [1.54, 1.807) is 14.2 Å². The maximum Gasteiger partial charge on any atom is 0.222 e. The van der Waals surface area contributed by atoms with Crippen LogP contribution in [0.15, 0.2) is 0 Å². The zero-order chi connectivity index (χ0) is 14.6. The fraction of sp³-hybridized carbons (Fsp3) is 0.933. The summed E-state index contributed by atoms with van der Waals surface area (Å²) >= 11 is 0. The predicted octanol–water partition coefficient (Wildman–Crippen LogP) is 1.28. The monoisotopic (exact) mass is 286 g/mol. The van der Waals surface area contributed by atoms with Crippen LogP contribution in [0.5, 0.6) is 0 Å². The Morgan fingerprint density at radius 3 is 2.70 bits per heavy atom. The summed E-state index contributed by atoms with van der Waals surface area (Å²) in [6.45, 7) is 4.93. The molecule has 1 aliphatic heterocycles. The van der Waals surface area contributed by atoms with Crippen LogP contribution in [0.4, 0.5) is 0 Å². The molecule has 1 aliphatic rings. The van der Waals surface area contributed by atoms with Gasteiger partial charge >= 0.3 is 0 Å². The highest BCUT2D eigenvalue weighted by molar-refractivity contribution is 5.76. The molecule has 0 aromatic rings. The first-order valence-corrected chi connectivity index (χ1v) is 7.74. The number of nitrogens with zero attached hydrogens (tertiary/aromatic N) is 1. The number of piperidine rings is 1. The number of hydrogen-bond acceptors (Lipinski definition) is 4. The standard InChI is InChI=1S/C15H30N2O3/c1-19-11-4-9-17(10-12-20-2)15(18)7-6-14-5-3-8-16-13-14/h14,16H,3-13H2,1-2H3. The van der Waals surface area contributed by atoms with Gasteiger partial charge in [0.05, 0.1) is 6.61 Å². The minimum atomic E-state index is 0.253. The van der Waals surface area contributed by atoms with Gasteiger partial charge in [-0.15, -0.1) is 0 Å². The Bertz CT molecular complexity index is 256. The summed E-state index contributed by atoms with van der Waals surface area (Å²) in [5, 5.41) is 3.40. The summed E-state index contributed by atoms with van der Waals surface area (Å²) in [5.74, 6) is 0.916. The second kappa shape index (κ2) is 11.1. The Morgan fingerprint density at radius 2 is 2.05 bits per heavy atom. The van der Waals surface area contributed by atoms with Crippen LogP contribution >= 0.6 is 0 Å². The maximum atomic E-state index is 12.3. The molecule has 20 heavy (non-hydrogen) atoms. The Morgan fingerprint density at radius 1 is 1.25 bits per heavy atom. The van der Waals surface area contributed by atoms with Crippen LogP contribution in [0.2, 0.25) is 0 Å². The second-order valence-corrected chi connectivity index (χ2v) is 5.47. The first kappa shape index (κ1) is 17.4. The van der Waals surface area contributed by atoms with Crippen molar-refractivity contribution in [3.8, 4) is 0 Å². The molecule has 0 radical (unpaired) electrons. The number of nitrogens with one attached hydrogen (secondary N) is 1. The number of methoxy groups -OCH3 is 2. The minimum absolute atomic E-state index is 0.253. The molecule has 0 aromatic carbocycles. The van der Waals surface area contributed by atoms with Gasteiger partial charge < -0.3 is 19.7 Å². The van der Waals surface area contributed by atoms with E-state index in [2.05, 4.69) is 5.32 Å². The van der Waals surface area contributed by atoms with E-state index in [0.717, 1.165) is 32.5 Å². The number of hydrogen-bond donors (Lipinski definition) is 1. The van der Waals surface area contributed by atoms with E-state index in [0.29, 0.717) is 32.1 Å². The molecule has 0 aliphatic carbocycles. The van der Waals surface area contributed by atoms with E-state index in [-0.39, 0.29) is 5.91 Å². The van der Waals surface area contributed by atoms with Crippen molar-refractivity contribution in [3.05, 3.63) is 0 Å². The van der Waals surface area contributed by atoms with Crippen LogP contribution in [-0.2, 0) is 14.3 Å². The second-order valence-electron chi connectivity index (χ2n) is 5.47. The van der Waals surface area contributed by atoms with Crippen molar-refractivity contribution in [2.45, 2.75) is 32.1 Å². The van der Waals surface area contributed by atoms with Crippen molar-refractivity contribution in [1.82, 2.24) is 10.2 Å². The van der Waals surface area contributed by atoms with E-state index in [4.69, 9.17) is 9.47 Å². The molecule has 1 atom stereocenters. The average molecular weight is 286 g/mol. The highest BCUT2D eigenvalue weighted by Crippen LogP contribution is 2.16. The zero-order valence-corrected chi connectivity index (χ0v) is 13.0. The third-order valence-corrected chi connectivity index (χ3v) is 3.86. The lowest BCUT2D eigenvalue weighted by molar-refractivity contribution is -0.132. The molecule has 1 N–H and O–H groups in total. The van der Waals surface area contributed by atoms with E-state index in [1.165, 1.54) is 12.8 Å². The van der Waals surface area contributed by atoms with E-state index in [1.807, 2.05) is 4.90 Å². The average Bonchev–Trinajstić information content (AvgIpc) is 2.49. The number of carbonyl (C=O) groups is 1. The highest BCUT2D eigenvalue weighted by atomic mass is 16.5. The largest absolute Gasteiger partial charge is 0.385 e. The van der Waals surface area contributed by atoms with Crippen molar-refractivity contribution >= 4 is 5.91 Å². The van der Waals surface area contributed by atoms with Gasteiger partial charge in [-0.05, 0) is 44.7 Å². The van der Waals surface area contributed by atoms with Gasteiger partial charge in [-0.2, -0.15) is 0 Å². The molecule has 0 saturated carbocycles. The Balaban J connectivity index is 2.28. The molecule has 1 rings (SSSR count). The molecule has 0 aromatic heterocycles. The lowest BCUT2D eigenvalue weighted by atomic mass is 9.94. The van der Waals surface area contributed by atoms with Gasteiger partial charge in [-0.3, -0.25) is 4.79 Å². The van der Waals surface area contributed by atoms with Gasteiger partial charge in [0.1, 0.15) is 0 Å². The lowest BCUT2D eigenvalue weighted by Gasteiger charge is -2.25. The molecule has 118 valence electrons. The van der Waals surface area contributed by atoms with E-state index < -0.39 is 0 Å². The van der Waals surface area contributed by atoms with Crippen molar-refractivity contribution in [2.75, 3.05) is 53.6 Å². The summed E-state index contributed by atoms with van der Waals surface area (Å²) in [6, 6.07) is 0. The Kier molecular flexibility index (Phi) is 9.62. The summed E-state index contributed by atoms with van der Waals surface area (Å²) in [7, 11) is 3.36. The third kappa shape index (κ3) is 7.22. The van der Waals surface area contributed by atoms with Gasteiger partial charge in [0, 0.05) is 40.3 Å². The lowest BCUT2D eigenvalue weighted by Crippen LogP contribution is -2.36. The molecule has 1 heterocycles.